The average molecular weight is 308 g/mol. The van der Waals surface area contributed by atoms with Gasteiger partial charge in [0.25, 0.3) is 0 Å². The highest BCUT2D eigenvalue weighted by molar-refractivity contribution is 14.1. The van der Waals surface area contributed by atoms with E-state index < -0.39 is 5.97 Å². The third kappa shape index (κ3) is 3.19. The number of hydrogen-bond donors (Lipinski definition) is 1. The van der Waals surface area contributed by atoms with Gasteiger partial charge in [-0.25, -0.2) is 4.79 Å². The lowest BCUT2D eigenvalue weighted by Crippen LogP contribution is -1.96. The van der Waals surface area contributed by atoms with Gasteiger partial charge in [-0.15, -0.1) is 11.8 Å². The van der Waals surface area contributed by atoms with Crippen LogP contribution in [0.15, 0.2) is 23.1 Å². The van der Waals surface area contributed by atoms with Crippen molar-refractivity contribution in [1.29, 1.82) is 0 Å². The summed E-state index contributed by atoms with van der Waals surface area (Å²) in [6.07, 6.45) is 0. The quantitative estimate of drug-likeness (QED) is 0.689. The van der Waals surface area contributed by atoms with Crippen LogP contribution in [0.4, 0.5) is 0 Å². The van der Waals surface area contributed by atoms with Gasteiger partial charge in [-0.2, -0.15) is 0 Å². The molecule has 0 radical (unpaired) electrons. The molecule has 0 fully saturated rings. The lowest BCUT2D eigenvalue weighted by molar-refractivity contribution is 0.0696. The van der Waals surface area contributed by atoms with Crippen LogP contribution in [0.3, 0.4) is 0 Å². The minimum Gasteiger partial charge on any atom is -0.478 e. The summed E-state index contributed by atoms with van der Waals surface area (Å²) in [5, 5.41) is 8.79. The maximum atomic E-state index is 10.7. The van der Waals surface area contributed by atoms with Gasteiger partial charge in [-0.05, 0) is 46.5 Å². The van der Waals surface area contributed by atoms with E-state index in [0.717, 1.165) is 14.2 Å². The van der Waals surface area contributed by atoms with Crippen LogP contribution in [0.1, 0.15) is 17.3 Å². The Morgan fingerprint density at radius 3 is 2.77 bits per heavy atom. The maximum absolute atomic E-state index is 10.7. The van der Waals surface area contributed by atoms with E-state index in [0.29, 0.717) is 5.56 Å². The fraction of sp³-hybridized carbons (Fsp3) is 0.222. The summed E-state index contributed by atoms with van der Waals surface area (Å²) in [5.41, 5.74) is 0.364. The van der Waals surface area contributed by atoms with E-state index in [-0.39, 0.29) is 0 Å². The number of carbonyl (C=O) groups is 1. The number of halogens is 1. The van der Waals surface area contributed by atoms with Gasteiger partial charge in [-0.1, -0.05) is 6.92 Å². The second-order valence-electron chi connectivity index (χ2n) is 2.41. The van der Waals surface area contributed by atoms with Crippen LogP contribution in [-0.2, 0) is 0 Å². The van der Waals surface area contributed by atoms with Crippen LogP contribution in [-0.4, -0.2) is 16.8 Å². The molecule has 0 saturated carbocycles. The SMILES string of the molecule is CCSc1cc(I)cc(C(=O)O)c1. The first-order valence-corrected chi connectivity index (χ1v) is 5.86. The Labute approximate surface area is 94.9 Å². The first kappa shape index (κ1) is 10.8. The molecule has 1 aromatic carbocycles. The van der Waals surface area contributed by atoms with E-state index in [2.05, 4.69) is 22.6 Å². The zero-order valence-corrected chi connectivity index (χ0v) is 10.1. The van der Waals surface area contributed by atoms with Crippen molar-refractivity contribution in [2.45, 2.75) is 11.8 Å². The predicted molar refractivity (Wildman–Crippen MR) is 62.5 cm³/mol. The van der Waals surface area contributed by atoms with Gasteiger partial charge >= 0.3 is 5.97 Å². The second-order valence-corrected chi connectivity index (χ2v) is 5.00. The monoisotopic (exact) mass is 308 g/mol. The number of thioether (sulfide) groups is 1. The van der Waals surface area contributed by atoms with Crippen molar-refractivity contribution in [3.8, 4) is 0 Å². The van der Waals surface area contributed by atoms with E-state index in [9.17, 15) is 4.79 Å². The summed E-state index contributed by atoms with van der Waals surface area (Å²) in [6, 6.07) is 5.36. The molecule has 4 heteroatoms. The number of rotatable bonds is 3. The summed E-state index contributed by atoms with van der Waals surface area (Å²) < 4.78 is 0.966. The molecular formula is C9H9IO2S. The van der Waals surface area contributed by atoms with E-state index in [1.165, 1.54) is 0 Å². The Morgan fingerprint density at radius 1 is 1.54 bits per heavy atom. The molecule has 1 aromatic rings. The van der Waals surface area contributed by atoms with Crippen molar-refractivity contribution in [2.75, 3.05) is 5.75 Å². The number of aromatic carboxylic acids is 1. The van der Waals surface area contributed by atoms with Crippen molar-refractivity contribution in [3.05, 3.63) is 27.3 Å². The zero-order valence-electron chi connectivity index (χ0n) is 7.08. The van der Waals surface area contributed by atoms with Crippen molar-refractivity contribution in [3.63, 3.8) is 0 Å². The number of hydrogen-bond acceptors (Lipinski definition) is 2. The fourth-order valence-electron chi connectivity index (χ4n) is 0.936. The molecule has 0 saturated heterocycles. The summed E-state index contributed by atoms with van der Waals surface area (Å²) in [6.45, 7) is 2.05. The molecule has 0 spiro atoms. The highest BCUT2D eigenvalue weighted by atomic mass is 127. The summed E-state index contributed by atoms with van der Waals surface area (Å²) in [7, 11) is 0. The maximum Gasteiger partial charge on any atom is 0.335 e. The minimum atomic E-state index is -0.864. The molecule has 1 N–H and O–H groups in total. The van der Waals surface area contributed by atoms with E-state index in [1.54, 1.807) is 23.9 Å². The van der Waals surface area contributed by atoms with Crippen molar-refractivity contribution >= 4 is 40.3 Å². The molecule has 13 heavy (non-hydrogen) atoms. The Hall–Kier alpha value is -0.230. The predicted octanol–water partition coefficient (Wildman–Crippen LogP) is 3.10. The van der Waals surface area contributed by atoms with Crippen molar-refractivity contribution in [1.82, 2.24) is 0 Å². The van der Waals surface area contributed by atoms with Gasteiger partial charge in [0.1, 0.15) is 0 Å². The fourth-order valence-corrected chi connectivity index (χ4v) is 2.57. The average Bonchev–Trinajstić information content (AvgIpc) is 2.03. The van der Waals surface area contributed by atoms with Crippen LogP contribution >= 0.6 is 34.4 Å². The highest BCUT2D eigenvalue weighted by Crippen LogP contribution is 2.22. The molecule has 0 amide bonds. The van der Waals surface area contributed by atoms with Gasteiger partial charge in [0.2, 0.25) is 0 Å². The minimum absolute atomic E-state index is 0.364. The summed E-state index contributed by atoms with van der Waals surface area (Å²) in [5.74, 6) is 0.0931. The second kappa shape index (κ2) is 4.85. The normalized spacial score (nSPS) is 10.0. The highest BCUT2D eigenvalue weighted by Gasteiger charge is 2.05. The van der Waals surface area contributed by atoms with Crippen LogP contribution in [0.5, 0.6) is 0 Å². The lowest BCUT2D eigenvalue weighted by Gasteiger charge is -2.01. The zero-order chi connectivity index (χ0) is 9.84. The molecule has 1 rings (SSSR count). The third-order valence-electron chi connectivity index (χ3n) is 1.43. The third-order valence-corrected chi connectivity index (χ3v) is 2.91. The molecule has 0 aliphatic carbocycles. The molecule has 0 heterocycles. The van der Waals surface area contributed by atoms with Gasteiger partial charge in [0, 0.05) is 8.47 Å². The Morgan fingerprint density at radius 2 is 2.23 bits per heavy atom. The molecule has 0 aliphatic rings. The first-order valence-electron chi connectivity index (χ1n) is 3.80. The van der Waals surface area contributed by atoms with Crippen LogP contribution in [0, 0.1) is 3.57 Å². The van der Waals surface area contributed by atoms with E-state index in [1.807, 2.05) is 13.0 Å². The number of carboxylic acids is 1. The first-order chi connectivity index (χ1) is 6.13. The number of carboxylic acid groups (broad SMARTS) is 1. The number of benzene rings is 1. The molecule has 0 bridgehead atoms. The molecular weight excluding hydrogens is 299 g/mol. The van der Waals surface area contributed by atoms with Crippen LogP contribution in [0.2, 0.25) is 0 Å². The molecule has 0 atom stereocenters. The Balaban J connectivity index is 3.03. The topological polar surface area (TPSA) is 37.3 Å². The standard InChI is InChI=1S/C9H9IO2S/c1-2-13-8-4-6(9(11)12)3-7(10)5-8/h3-5H,2H2,1H3,(H,11,12). The molecule has 70 valence electrons. The Kier molecular flexibility index (Phi) is 4.05. The van der Waals surface area contributed by atoms with E-state index >= 15 is 0 Å². The summed E-state index contributed by atoms with van der Waals surface area (Å²) in [4.78, 5) is 11.7. The van der Waals surface area contributed by atoms with Gasteiger partial charge in [-0.3, -0.25) is 0 Å². The molecule has 2 nitrogen and oxygen atoms in total. The van der Waals surface area contributed by atoms with Crippen molar-refractivity contribution < 1.29 is 9.90 Å². The van der Waals surface area contributed by atoms with Crippen molar-refractivity contribution in [2.24, 2.45) is 0 Å². The van der Waals surface area contributed by atoms with Gasteiger partial charge in [0.05, 0.1) is 5.56 Å². The summed E-state index contributed by atoms with van der Waals surface area (Å²) >= 11 is 3.78. The lowest BCUT2D eigenvalue weighted by atomic mass is 10.2. The Bertz CT molecular complexity index is 325. The largest absolute Gasteiger partial charge is 0.478 e. The van der Waals surface area contributed by atoms with Gasteiger partial charge < -0.3 is 5.11 Å². The van der Waals surface area contributed by atoms with Crippen LogP contribution < -0.4 is 0 Å². The molecule has 0 aromatic heterocycles. The molecule has 0 aliphatic heterocycles. The van der Waals surface area contributed by atoms with Gasteiger partial charge in [0.15, 0.2) is 0 Å². The van der Waals surface area contributed by atoms with E-state index in [4.69, 9.17) is 5.11 Å². The molecule has 0 unspecified atom stereocenters. The van der Waals surface area contributed by atoms with Crippen LogP contribution in [0.25, 0.3) is 0 Å². The smallest absolute Gasteiger partial charge is 0.335 e.